The highest BCUT2D eigenvalue weighted by Crippen LogP contribution is 2.22. The summed E-state index contributed by atoms with van der Waals surface area (Å²) >= 11 is 3.46. The molecular weight excluding hydrogens is 332 g/mol. The molecule has 1 amide bonds. The molecule has 1 aliphatic carbocycles. The van der Waals surface area contributed by atoms with Crippen LogP contribution in [0.15, 0.2) is 34.9 Å². The number of benzene rings is 1. The largest absolute Gasteiger partial charge is 0.348 e. The maximum atomic E-state index is 12.0. The number of hydrogen-bond donors (Lipinski definition) is 2. The van der Waals surface area contributed by atoms with E-state index < -0.39 is 0 Å². The van der Waals surface area contributed by atoms with Crippen molar-refractivity contribution in [2.45, 2.75) is 25.8 Å². The molecule has 21 heavy (non-hydrogen) atoms. The number of aromatic nitrogens is 2. The summed E-state index contributed by atoms with van der Waals surface area (Å²) in [6, 6.07) is 7.82. The molecule has 2 aromatic rings. The summed E-state index contributed by atoms with van der Waals surface area (Å²) in [5, 5.41) is 6.03. The van der Waals surface area contributed by atoms with E-state index >= 15 is 0 Å². The van der Waals surface area contributed by atoms with Crippen LogP contribution < -0.4 is 10.6 Å². The van der Waals surface area contributed by atoms with Crippen molar-refractivity contribution in [1.82, 2.24) is 15.3 Å². The molecule has 0 saturated heterocycles. The Morgan fingerprint density at radius 1 is 1.33 bits per heavy atom. The lowest BCUT2D eigenvalue weighted by Crippen LogP contribution is -2.26. The average molecular weight is 347 g/mol. The Labute approximate surface area is 131 Å². The zero-order valence-corrected chi connectivity index (χ0v) is 13.1. The number of halogens is 1. The van der Waals surface area contributed by atoms with Gasteiger partial charge >= 0.3 is 0 Å². The molecule has 3 rings (SSSR count). The summed E-state index contributed by atoms with van der Waals surface area (Å²) < 4.78 is 1.05. The van der Waals surface area contributed by atoms with E-state index in [9.17, 15) is 4.79 Å². The third-order valence-electron chi connectivity index (χ3n) is 3.21. The van der Waals surface area contributed by atoms with Gasteiger partial charge in [0.05, 0.1) is 0 Å². The number of carbonyl (C=O) groups is 1. The van der Waals surface area contributed by atoms with Gasteiger partial charge in [0.2, 0.25) is 5.95 Å². The van der Waals surface area contributed by atoms with Gasteiger partial charge in [-0.15, -0.1) is 0 Å². The van der Waals surface area contributed by atoms with Crippen molar-refractivity contribution in [1.29, 1.82) is 0 Å². The topological polar surface area (TPSA) is 66.9 Å². The molecule has 1 aliphatic rings. The molecule has 1 aromatic carbocycles. The Hall–Kier alpha value is -1.95. The predicted octanol–water partition coefficient (Wildman–Crippen LogP) is 3.18. The smallest absolute Gasteiger partial charge is 0.270 e. The first kappa shape index (κ1) is 14.0. The van der Waals surface area contributed by atoms with Crippen molar-refractivity contribution in [2.24, 2.45) is 0 Å². The quantitative estimate of drug-likeness (QED) is 0.892. The average Bonchev–Trinajstić information content (AvgIpc) is 3.27. The van der Waals surface area contributed by atoms with E-state index in [1.165, 1.54) is 0 Å². The highest BCUT2D eigenvalue weighted by molar-refractivity contribution is 9.10. The Kier molecular flexibility index (Phi) is 3.88. The summed E-state index contributed by atoms with van der Waals surface area (Å²) in [5.74, 6) is 0.273. The molecule has 1 heterocycles. The normalized spacial score (nSPS) is 13.8. The second-order valence-corrected chi connectivity index (χ2v) is 5.96. The molecule has 6 heteroatoms. The minimum atomic E-state index is -0.144. The lowest BCUT2D eigenvalue weighted by molar-refractivity contribution is 0.0946. The molecule has 0 bridgehead atoms. The number of nitrogens with one attached hydrogen (secondary N) is 2. The van der Waals surface area contributed by atoms with E-state index in [0.29, 0.717) is 17.7 Å². The van der Waals surface area contributed by atoms with Gasteiger partial charge in [-0.3, -0.25) is 4.79 Å². The van der Waals surface area contributed by atoms with Crippen LogP contribution in [0, 0.1) is 6.92 Å². The van der Waals surface area contributed by atoms with Gasteiger partial charge in [-0.05, 0) is 49.6 Å². The monoisotopic (exact) mass is 346 g/mol. The van der Waals surface area contributed by atoms with Crippen LogP contribution in [-0.2, 0) is 0 Å². The zero-order valence-electron chi connectivity index (χ0n) is 11.6. The summed E-state index contributed by atoms with van der Waals surface area (Å²) in [6.45, 7) is 2.01. The number of rotatable bonds is 4. The molecular formula is C15H15BrN4O. The maximum Gasteiger partial charge on any atom is 0.270 e. The number of aryl methyl sites for hydroxylation is 1. The molecule has 2 N–H and O–H groups in total. The predicted molar refractivity (Wildman–Crippen MR) is 84.7 cm³/mol. The molecule has 0 atom stereocenters. The van der Waals surface area contributed by atoms with Crippen molar-refractivity contribution in [2.75, 3.05) is 5.32 Å². The molecule has 1 fully saturated rings. The second kappa shape index (κ2) is 5.81. The fourth-order valence-corrected chi connectivity index (χ4v) is 2.13. The molecule has 0 spiro atoms. The van der Waals surface area contributed by atoms with Crippen LogP contribution in [0.25, 0.3) is 0 Å². The van der Waals surface area contributed by atoms with Crippen molar-refractivity contribution in [3.63, 3.8) is 0 Å². The van der Waals surface area contributed by atoms with Crippen LogP contribution >= 0.6 is 15.9 Å². The maximum absolute atomic E-state index is 12.0. The number of carbonyl (C=O) groups excluding carboxylic acids is 1. The van der Waals surface area contributed by atoms with Crippen LogP contribution in [0.3, 0.4) is 0 Å². The lowest BCUT2D eigenvalue weighted by atomic mass is 10.2. The highest BCUT2D eigenvalue weighted by atomic mass is 79.9. The number of hydrogen-bond acceptors (Lipinski definition) is 4. The van der Waals surface area contributed by atoms with Crippen LogP contribution in [0.5, 0.6) is 0 Å². The second-order valence-electron chi connectivity index (χ2n) is 5.10. The third-order valence-corrected chi connectivity index (χ3v) is 4.10. The van der Waals surface area contributed by atoms with Crippen molar-refractivity contribution < 1.29 is 4.79 Å². The van der Waals surface area contributed by atoms with Crippen molar-refractivity contribution in [3.8, 4) is 0 Å². The van der Waals surface area contributed by atoms with Crippen LogP contribution in [-0.4, -0.2) is 21.9 Å². The van der Waals surface area contributed by atoms with Crippen LogP contribution in [0.4, 0.5) is 11.6 Å². The molecule has 1 aromatic heterocycles. The van der Waals surface area contributed by atoms with Gasteiger partial charge in [0, 0.05) is 22.4 Å². The zero-order chi connectivity index (χ0) is 14.8. The summed E-state index contributed by atoms with van der Waals surface area (Å²) in [7, 11) is 0. The Bertz CT molecular complexity index is 685. The third kappa shape index (κ3) is 3.58. The van der Waals surface area contributed by atoms with Crippen molar-refractivity contribution >= 4 is 33.5 Å². The van der Waals surface area contributed by atoms with E-state index in [1.807, 2.05) is 25.1 Å². The van der Waals surface area contributed by atoms with Gasteiger partial charge in [-0.1, -0.05) is 15.9 Å². The number of nitrogens with zero attached hydrogens (tertiary/aromatic N) is 2. The van der Waals surface area contributed by atoms with Gasteiger partial charge in [-0.2, -0.15) is 0 Å². The first-order valence-corrected chi connectivity index (χ1v) is 7.58. The first-order chi connectivity index (χ1) is 10.1. The Morgan fingerprint density at radius 3 is 2.86 bits per heavy atom. The Morgan fingerprint density at radius 2 is 2.14 bits per heavy atom. The van der Waals surface area contributed by atoms with Gasteiger partial charge in [0.15, 0.2) is 0 Å². The van der Waals surface area contributed by atoms with E-state index in [1.54, 1.807) is 12.3 Å². The SMILES string of the molecule is Cc1cc(Nc2nccc(C(=O)NC3CC3)n2)ccc1Br. The summed E-state index contributed by atoms with van der Waals surface area (Å²) in [6.07, 6.45) is 3.70. The van der Waals surface area contributed by atoms with E-state index in [-0.39, 0.29) is 5.91 Å². The van der Waals surface area contributed by atoms with Gasteiger partial charge < -0.3 is 10.6 Å². The Balaban J connectivity index is 1.75. The number of anilines is 2. The molecule has 0 radical (unpaired) electrons. The standard InChI is InChI=1S/C15H15BrN4O/c1-9-8-11(4-5-12(9)16)19-15-17-7-6-13(20-15)14(21)18-10-2-3-10/h4-8,10H,2-3H2,1H3,(H,18,21)(H,17,19,20). The highest BCUT2D eigenvalue weighted by Gasteiger charge is 2.24. The molecule has 5 nitrogen and oxygen atoms in total. The first-order valence-electron chi connectivity index (χ1n) is 6.79. The molecule has 0 unspecified atom stereocenters. The lowest BCUT2D eigenvalue weighted by Gasteiger charge is -2.08. The molecule has 1 saturated carbocycles. The van der Waals surface area contributed by atoms with Gasteiger partial charge in [0.25, 0.3) is 5.91 Å². The van der Waals surface area contributed by atoms with Gasteiger partial charge in [-0.25, -0.2) is 9.97 Å². The van der Waals surface area contributed by atoms with Crippen LogP contribution in [0.1, 0.15) is 28.9 Å². The van der Waals surface area contributed by atoms with Crippen molar-refractivity contribution in [3.05, 3.63) is 46.2 Å². The van der Waals surface area contributed by atoms with E-state index in [4.69, 9.17) is 0 Å². The van der Waals surface area contributed by atoms with E-state index in [2.05, 4.69) is 36.5 Å². The molecule has 0 aliphatic heterocycles. The minimum absolute atomic E-state index is 0.144. The van der Waals surface area contributed by atoms with Gasteiger partial charge in [0.1, 0.15) is 5.69 Å². The summed E-state index contributed by atoms with van der Waals surface area (Å²) in [4.78, 5) is 20.4. The van der Waals surface area contributed by atoms with E-state index in [0.717, 1.165) is 28.6 Å². The molecule has 108 valence electrons. The van der Waals surface area contributed by atoms with Crippen LogP contribution in [0.2, 0.25) is 0 Å². The summed E-state index contributed by atoms with van der Waals surface area (Å²) in [5.41, 5.74) is 2.38. The fraction of sp³-hybridized carbons (Fsp3) is 0.267. The number of amides is 1. The minimum Gasteiger partial charge on any atom is -0.348 e. The fourth-order valence-electron chi connectivity index (χ4n) is 1.88.